The number of sulfonamides is 1. The minimum Gasteiger partial charge on any atom is -0.309 e. The maximum Gasteiger partial charge on any atom is 0.244 e. The summed E-state index contributed by atoms with van der Waals surface area (Å²) in [6.07, 6.45) is 4.10. The van der Waals surface area contributed by atoms with Gasteiger partial charge >= 0.3 is 0 Å². The number of hydrogen-bond acceptors (Lipinski definition) is 5. The van der Waals surface area contributed by atoms with E-state index in [9.17, 15) is 12.8 Å². The van der Waals surface area contributed by atoms with Crippen LogP contribution in [0.3, 0.4) is 0 Å². The largest absolute Gasteiger partial charge is 0.309 e. The second kappa shape index (κ2) is 6.86. The summed E-state index contributed by atoms with van der Waals surface area (Å²) in [4.78, 5) is 0.151. The molecule has 27 heavy (non-hydrogen) atoms. The van der Waals surface area contributed by atoms with Crippen LogP contribution in [0.5, 0.6) is 0 Å². The van der Waals surface area contributed by atoms with E-state index in [-0.39, 0.29) is 16.8 Å². The number of rotatable bonds is 5. The Labute approximate surface area is 156 Å². The molecule has 2 aromatic heterocycles. The molecule has 3 heterocycles. The lowest BCUT2D eigenvalue weighted by molar-refractivity contribution is 0.423. The molecule has 4 rings (SSSR count). The first-order valence-electron chi connectivity index (χ1n) is 8.69. The number of nitrogens with one attached hydrogen (secondary N) is 1. The van der Waals surface area contributed by atoms with Crippen LogP contribution in [0.1, 0.15) is 19.2 Å². The molecule has 10 heteroatoms. The summed E-state index contributed by atoms with van der Waals surface area (Å²) >= 11 is 0. The average Bonchev–Trinajstić information content (AvgIpc) is 3.29. The second-order valence-corrected chi connectivity index (χ2v) is 8.16. The summed E-state index contributed by atoms with van der Waals surface area (Å²) in [5.74, 6) is 1.08. The van der Waals surface area contributed by atoms with Gasteiger partial charge in [0.25, 0.3) is 0 Å². The molecule has 0 fully saturated rings. The highest BCUT2D eigenvalue weighted by Gasteiger charge is 2.28. The zero-order valence-corrected chi connectivity index (χ0v) is 15.5. The molecule has 3 aromatic rings. The Morgan fingerprint density at radius 3 is 2.74 bits per heavy atom. The van der Waals surface area contributed by atoms with Gasteiger partial charge in [-0.1, -0.05) is 0 Å². The molecule has 1 aliphatic rings. The van der Waals surface area contributed by atoms with Crippen LogP contribution < -0.4 is 4.72 Å². The van der Waals surface area contributed by atoms with Crippen molar-refractivity contribution < 1.29 is 12.8 Å². The van der Waals surface area contributed by atoms with Gasteiger partial charge in [-0.05, 0) is 37.6 Å². The number of benzene rings is 1. The van der Waals surface area contributed by atoms with Gasteiger partial charge in [0.15, 0.2) is 5.82 Å². The third-order valence-corrected chi connectivity index (χ3v) is 6.09. The molecule has 8 nitrogen and oxygen atoms in total. The summed E-state index contributed by atoms with van der Waals surface area (Å²) in [6, 6.07) is 5.72. The molecule has 1 aromatic carbocycles. The molecule has 0 radical (unpaired) electrons. The fourth-order valence-corrected chi connectivity index (χ4v) is 4.39. The van der Waals surface area contributed by atoms with E-state index in [0.29, 0.717) is 31.8 Å². The van der Waals surface area contributed by atoms with Crippen LogP contribution in [0.4, 0.5) is 4.39 Å². The first-order valence-corrected chi connectivity index (χ1v) is 10.2. The number of aromatic nitrogens is 5. The molecule has 0 saturated heterocycles. The molecule has 1 aliphatic heterocycles. The highest BCUT2D eigenvalue weighted by molar-refractivity contribution is 7.89. The van der Waals surface area contributed by atoms with Crippen molar-refractivity contribution in [1.29, 1.82) is 0 Å². The van der Waals surface area contributed by atoms with Crippen molar-refractivity contribution in [1.82, 2.24) is 29.3 Å². The van der Waals surface area contributed by atoms with Gasteiger partial charge in [-0.15, -0.1) is 10.2 Å². The molecule has 1 N–H and O–H groups in total. The lowest BCUT2D eigenvalue weighted by Crippen LogP contribution is -2.41. The Morgan fingerprint density at radius 2 is 2.04 bits per heavy atom. The maximum absolute atomic E-state index is 13.2. The van der Waals surface area contributed by atoms with Gasteiger partial charge < -0.3 is 4.57 Å². The van der Waals surface area contributed by atoms with Crippen molar-refractivity contribution >= 4 is 10.0 Å². The third kappa shape index (κ3) is 3.50. The molecule has 1 unspecified atom stereocenters. The fourth-order valence-electron chi connectivity index (χ4n) is 3.18. The van der Waals surface area contributed by atoms with Crippen molar-refractivity contribution in [3.05, 3.63) is 48.3 Å². The van der Waals surface area contributed by atoms with Gasteiger partial charge in [0, 0.05) is 37.3 Å². The highest BCUT2D eigenvalue weighted by Crippen LogP contribution is 2.24. The van der Waals surface area contributed by atoms with E-state index in [2.05, 4.69) is 20.0 Å². The van der Waals surface area contributed by atoms with Crippen LogP contribution in [0.2, 0.25) is 0 Å². The maximum atomic E-state index is 13.2. The van der Waals surface area contributed by atoms with E-state index < -0.39 is 10.0 Å². The van der Waals surface area contributed by atoms with Crippen LogP contribution in [0.25, 0.3) is 11.4 Å². The van der Waals surface area contributed by atoms with Gasteiger partial charge in [0.1, 0.15) is 16.5 Å². The van der Waals surface area contributed by atoms with E-state index in [4.69, 9.17) is 0 Å². The van der Waals surface area contributed by atoms with Crippen LogP contribution >= 0.6 is 0 Å². The lowest BCUT2D eigenvalue weighted by Gasteiger charge is -2.25. The van der Waals surface area contributed by atoms with Gasteiger partial charge in [-0.25, -0.2) is 17.5 Å². The van der Waals surface area contributed by atoms with Gasteiger partial charge in [-0.3, -0.25) is 4.68 Å². The zero-order chi connectivity index (χ0) is 19.0. The number of halogens is 1. The molecule has 142 valence electrons. The van der Waals surface area contributed by atoms with Crippen molar-refractivity contribution in [2.45, 2.75) is 43.8 Å². The van der Waals surface area contributed by atoms with Crippen molar-refractivity contribution in [3.8, 4) is 11.4 Å². The Kier molecular flexibility index (Phi) is 4.52. The van der Waals surface area contributed by atoms with E-state index in [1.165, 1.54) is 24.5 Å². The summed E-state index contributed by atoms with van der Waals surface area (Å²) in [5, 5.41) is 12.4. The average molecular weight is 390 g/mol. The molecule has 0 saturated carbocycles. The van der Waals surface area contributed by atoms with Crippen molar-refractivity contribution in [2.24, 2.45) is 0 Å². The summed E-state index contributed by atoms with van der Waals surface area (Å²) in [5.41, 5.74) is 0.739. The molecular formula is C17H19FN6O2S. The van der Waals surface area contributed by atoms with E-state index in [0.717, 1.165) is 11.4 Å². The van der Waals surface area contributed by atoms with Crippen LogP contribution in [-0.4, -0.2) is 39.0 Å². The summed E-state index contributed by atoms with van der Waals surface area (Å²) in [7, 11) is -3.65. The monoisotopic (exact) mass is 390 g/mol. The summed E-state index contributed by atoms with van der Waals surface area (Å²) in [6.45, 7) is 2.91. The predicted octanol–water partition coefficient (Wildman–Crippen LogP) is 1.59. The minimum absolute atomic E-state index is 0.151. The normalized spacial score (nSPS) is 17.0. The van der Waals surface area contributed by atoms with Gasteiger partial charge in [0.05, 0.1) is 6.20 Å². The predicted molar refractivity (Wildman–Crippen MR) is 95.7 cm³/mol. The molecule has 0 bridgehead atoms. The second-order valence-electron chi connectivity index (χ2n) is 6.45. The number of hydrogen-bond donors (Lipinski definition) is 1. The van der Waals surface area contributed by atoms with Crippen LogP contribution in [0.15, 0.2) is 41.6 Å². The molecule has 0 spiro atoms. The molecule has 1 atom stereocenters. The van der Waals surface area contributed by atoms with E-state index in [1.54, 1.807) is 16.8 Å². The molecule has 0 amide bonds. The first kappa shape index (κ1) is 17.8. The Morgan fingerprint density at radius 1 is 1.26 bits per heavy atom. The Balaban J connectivity index is 1.56. The van der Waals surface area contributed by atoms with Crippen LogP contribution in [0, 0.1) is 5.82 Å². The number of fused-ring (bicyclic) bond motifs is 1. The Hall–Kier alpha value is -2.59. The third-order valence-electron chi connectivity index (χ3n) is 4.61. The smallest absolute Gasteiger partial charge is 0.244 e. The molecule has 0 aliphatic carbocycles. The standard InChI is InChI=1S/C17H19FN6O2S/c1-2-23-11-15(9-19-23)27(25,26)22-14-7-8-16-20-21-17(24(16)10-14)12-3-5-13(18)6-4-12/h3-6,9,11,14,22H,2,7-8,10H2,1H3. The zero-order valence-electron chi connectivity index (χ0n) is 14.7. The van der Waals surface area contributed by atoms with Crippen molar-refractivity contribution in [2.75, 3.05) is 0 Å². The van der Waals surface area contributed by atoms with Gasteiger partial charge in [0.2, 0.25) is 10.0 Å². The van der Waals surface area contributed by atoms with Crippen molar-refractivity contribution in [3.63, 3.8) is 0 Å². The SMILES string of the molecule is CCn1cc(S(=O)(=O)NC2CCc3nnc(-c4ccc(F)cc4)n3C2)cn1. The first-order chi connectivity index (χ1) is 13.0. The van der Waals surface area contributed by atoms with Crippen LogP contribution in [-0.2, 0) is 29.5 Å². The minimum atomic E-state index is -3.65. The van der Waals surface area contributed by atoms with E-state index in [1.807, 2.05) is 11.5 Å². The Bertz CT molecular complexity index is 1060. The topological polar surface area (TPSA) is 94.7 Å². The quantitative estimate of drug-likeness (QED) is 0.714. The molecular weight excluding hydrogens is 371 g/mol. The fraction of sp³-hybridized carbons (Fsp3) is 0.353. The van der Waals surface area contributed by atoms with Gasteiger partial charge in [-0.2, -0.15) is 5.10 Å². The number of aryl methyl sites for hydroxylation is 2. The lowest BCUT2D eigenvalue weighted by atomic mass is 10.1. The summed E-state index contributed by atoms with van der Waals surface area (Å²) < 4.78 is 44.6. The highest BCUT2D eigenvalue weighted by atomic mass is 32.2. The van der Waals surface area contributed by atoms with E-state index >= 15 is 0 Å². The number of nitrogens with zero attached hydrogens (tertiary/aromatic N) is 5.